The van der Waals surface area contributed by atoms with Crippen molar-refractivity contribution in [2.24, 2.45) is 11.0 Å². The molecule has 0 saturated carbocycles. The van der Waals surface area contributed by atoms with Gasteiger partial charge >= 0.3 is 0 Å². The minimum atomic E-state index is -0.400. The average molecular weight is 410 g/mol. The molecule has 2 aromatic rings. The van der Waals surface area contributed by atoms with Crippen LogP contribution in [0.4, 0.5) is 5.69 Å². The van der Waals surface area contributed by atoms with Crippen LogP contribution in [-0.4, -0.2) is 41.8 Å². The minimum absolute atomic E-state index is 0.0768. The molecule has 156 valence electrons. The van der Waals surface area contributed by atoms with E-state index in [9.17, 15) is 14.9 Å². The Kier molecular flexibility index (Phi) is 5.89. The van der Waals surface area contributed by atoms with Crippen LogP contribution in [0.2, 0.25) is 0 Å². The SMILES string of the molecule is O=C(NN=Cc1ccc2c(c1)OCO2)C1CCN(Cc2ccc([N+](=O)[O-])cc2)CC1. The van der Waals surface area contributed by atoms with E-state index in [1.807, 2.05) is 18.2 Å². The fourth-order valence-corrected chi connectivity index (χ4v) is 3.59. The maximum absolute atomic E-state index is 12.4. The summed E-state index contributed by atoms with van der Waals surface area (Å²) in [7, 11) is 0. The number of nitrogens with one attached hydrogen (secondary N) is 1. The van der Waals surface area contributed by atoms with Gasteiger partial charge in [0.05, 0.1) is 11.1 Å². The average Bonchev–Trinajstić information content (AvgIpc) is 3.22. The first-order valence-corrected chi connectivity index (χ1v) is 9.77. The number of benzene rings is 2. The quantitative estimate of drug-likeness (QED) is 0.446. The highest BCUT2D eigenvalue weighted by Gasteiger charge is 2.25. The number of piperidine rings is 1. The van der Waals surface area contributed by atoms with Crippen LogP contribution >= 0.6 is 0 Å². The number of ether oxygens (including phenoxy) is 2. The number of non-ortho nitro benzene ring substituents is 1. The van der Waals surface area contributed by atoms with Crippen molar-refractivity contribution in [3.8, 4) is 11.5 Å². The number of nitro groups is 1. The molecule has 0 aliphatic carbocycles. The molecular weight excluding hydrogens is 388 g/mol. The largest absolute Gasteiger partial charge is 0.454 e. The molecule has 1 saturated heterocycles. The Morgan fingerprint density at radius 1 is 1.17 bits per heavy atom. The third-order valence-corrected chi connectivity index (χ3v) is 5.30. The zero-order valence-electron chi connectivity index (χ0n) is 16.3. The lowest BCUT2D eigenvalue weighted by Gasteiger charge is -2.30. The summed E-state index contributed by atoms with van der Waals surface area (Å²) >= 11 is 0. The van der Waals surface area contributed by atoms with Gasteiger partial charge in [-0.25, -0.2) is 5.43 Å². The van der Waals surface area contributed by atoms with Crippen LogP contribution in [0, 0.1) is 16.0 Å². The third kappa shape index (κ3) is 4.74. The molecule has 0 radical (unpaired) electrons. The summed E-state index contributed by atoms with van der Waals surface area (Å²) in [6.45, 7) is 2.52. The van der Waals surface area contributed by atoms with Crippen molar-refractivity contribution in [1.82, 2.24) is 10.3 Å². The monoisotopic (exact) mass is 410 g/mol. The van der Waals surface area contributed by atoms with Crippen molar-refractivity contribution in [3.63, 3.8) is 0 Å². The second-order valence-electron chi connectivity index (χ2n) is 7.32. The van der Waals surface area contributed by atoms with Gasteiger partial charge in [0.2, 0.25) is 12.7 Å². The van der Waals surface area contributed by atoms with Crippen molar-refractivity contribution in [3.05, 3.63) is 63.7 Å². The van der Waals surface area contributed by atoms with Crippen LogP contribution in [0.25, 0.3) is 0 Å². The van der Waals surface area contributed by atoms with E-state index in [0.29, 0.717) is 18.0 Å². The number of nitro benzene ring substituents is 1. The molecule has 1 N–H and O–H groups in total. The lowest BCUT2D eigenvalue weighted by Crippen LogP contribution is -2.39. The number of hydrazone groups is 1. The summed E-state index contributed by atoms with van der Waals surface area (Å²) in [6, 6.07) is 12.1. The molecule has 2 aliphatic heterocycles. The summed E-state index contributed by atoms with van der Waals surface area (Å²) in [6.07, 6.45) is 3.08. The summed E-state index contributed by atoms with van der Waals surface area (Å²) in [5.74, 6) is 1.22. The smallest absolute Gasteiger partial charge is 0.269 e. The first-order valence-electron chi connectivity index (χ1n) is 9.77. The highest BCUT2D eigenvalue weighted by atomic mass is 16.7. The van der Waals surface area contributed by atoms with Gasteiger partial charge in [-0.15, -0.1) is 0 Å². The van der Waals surface area contributed by atoms with E-state index in [2.05, 4.69) is 15.4 Å². The number of nitrogens with zero attached hydrogens (tertiary/aromatic N) is 3. The van der Waals surface area contributed by atoms with Crippen LogP contribution in [0.5, 0.6) is 11.5 Å². The van der Waals surface area contributed by atoms with Crippen molar-refractivity contribution >= 4 is 17.8 Å². The van der Waals surface area contributed by atoms with Gasteiger partial charge in [0.15, 0.2) is 11.5 Å². The Bertz CT molecular complexity index is 952. The number of carbonyl (C=O) groups excluding carboxylic acids is 1. The highest BCUT2D eigenvalue weighted by Crippen LogP contribution is 2.32. The predicted molar refractivity (Wildman–Crippen MR) is 109 cm³/mol. The third-order valence-electron chi connectivity index (χ3n) is 5.30. The van der Waals surface area contributed by atoms with Crippen LogP contribution in [-0.2, 0) is 11.3 Å². The molecule has 2 heterocycles. The van der Waals surface area contributed by atoms with Gasteiger partial charge in [-0.3, -0.25) is 19.8 Å². The van der Waals surface area contributed by atoms with E-state index in [1.165, 1.54) is 12.1 Å². The normalized spacial score (nSPS) is 16.7. The first kappa shape index (κ1) is 19.8. The molecule has 1 amide bonds. The van der Waals surface area contributed by atoms with E-state index in [0.717, 1.165) is 37.1 Å². The number of hydrogen-bond donors (Lipinski definition) is 1. The molecule has 9 heteroatoms. The fraction of sp³-hybridized carbons (Fsp3) is 0.333. The number of carbonyl (C=O) groups is 1. The van der Waals surface area contributed by atoms with Crippen LogP contribution in [0.3, 0.4) is 0 Å². The van der Waals surface area contributed by atoms with Gasteiger partial charge in [-0.1, -0.05) is 12.1 Å². The molecule has 4 rings (SSSR count). The number of rotatable bonds is 6. The van der Waals surface area contributed by atoms with E-state index < -0.39 is 4.92 Å². The number of amides is 1. The minimum Gasteiger partial charge on any atom is -0.454 e. The Balaban J connectivity index is 1.22. The number of likely N-dealkylation sites (tertiary alicyclic amines) is 1. The molecule has 9 nitrogen and oxygen atoms in total. The lowest BCUT2D eigenvalue weighted by atomic mass is 9.96. The fourth-order valence-electron chi connectivity index (χ4n) is 3.59. The van der Waals surface area contributed by atoms with Gasteiger partial charge in [0.25, 0.3) is 5.69 Å². The molecule has 30 heavy (non-hydrogen) atoms. The summed E-state index contributed by atoms with van der Waals surface area (Å²) in [5.41, 5.74) is 4.56. The zero-order chi connectivity index (χ0) is 20.9. The molecule has 0 unspecified atom stereocenters. The van der Waals surface area contributed by atoms with E-state index in [1.54, 1.807) is 18.3 Å². The Labute approximate surface area is 173 Å². The van der Waals surface area contributed by atoms with Crippen LogP contribution in [0.1, 0.15) is 24.0 Å². The molecule has 0 bridgehead atoms. The maximum atomic E-state index is 12.4. The Hall–Kier alpha value is -3.46. The van der Waals surface area contributed by atoms with Crippen molar-refractivity contribution in [1.29, 1.82) is 0 Å². The second kappa shape index (κ2) is 8.91. The predicted octanol–water partition coefficient (Wildman–Crippen LogP) is 2.69. The molecule has 2 aliphatic rings. The Morgan fingerprint density at radius 2 is 1.90 bits per heavy atom. The van der Waals surface area contributed by atoms with Gasteiger partial charge in [0.1, 0.15) is 0 Å². The van der Waals surface area contributed by atoms with E-state index in [4.69, 9.17) is 9.47 Å². The van der Waals surface area contributed by atoms with Crippen LogP contribution in [0.15, 0.2) is 47.6 Å². The van der Waals surface area contributed by atoms with Gasteiger partial charge in [-0.2, -0.15) is 5.10 Å². The zero-order valence-corrected chi connectivity index (χ0v) is 16.3. The standard InChI is InChI=1S/C21H22N4O5/c26-21(23-22-12-16-3-6-19-20(11-16)30-14-29-19)17-7-9-24(10-8-17)13-15-1-4-18(5-2-15)25(27)28/h1-6,11-12,17H,7-10,13-14H2,(H,23,26). The molecular formula is C21H22N4O5. The molecule has 0 aromatic heterocycles. The lowest BCUT2D eigenvalue weighted by molar-refractivity contribution is -0.384. The summed E-state index contributed by atoms with van der Waals surface area (Å²) in [5, 5.41) is 14.8. The van der Waals surface area contributed by atoms with Crippen molar-refractivity contribution < 1.29 is 19.2 Å². The van der Waals surface area contributed by atoms with E-state index >= 15 is 0 Å². The van der Waals surface area contributed by atoms with Gasteiger partial charge in [0, 0.05) is 24.6 Å². The molecule has 2 aromatic carbocycles. The second-order valence-corrected chi connectivity index (χ2v) is 7.32. The summed E-state index contributed by atoms with van der Waals surface area (Å²) in [4.78, 5) is 25.0. The van der Waals surface area contributed by atoms with Gasteiger partial charge < -0.3 is 9.47 Å². The highest BCUT2D eigenvalue weighted by molar-refractivity contribution is 5.84. The first-order chi connectivity index (χ1) is 14.6. The van der Waals surface area contributed by atoms with Gasteiger partial charge in [-0.05, 0) is 55.3 Å². The van der Waals surface area contributed by atoms with E-state index in [-0.39, 0.29) is 24.3 Å². The van der Waals surface area contributed by atoms with Crippen molar-refractivity contribution in [2.45, 2.75) is 19.4 Å². The number of fused-ring (bicyclic) bond motifs is 1. The maximum Gasteiger partial charge on any atom is 0.269 e. The van der Waals surface area contributed by atoms with Crippen LogP contribution < -0.4 is 14.9 Å². The molecule has 1 fully saturated rings. The summed E-state index contributed by atoms with van der Waals surface area (Å²) < 4.78 is 10.6. The molecule has 0 spiro atoms. The Morgan fingerprint density at radius 3 is 2.63 bits per heavy atom. The molecule has 0 atom stereocenters. The number of hydrogen-bond acceptors (Lipinski definition) is 7. The van der Waals surface area contributed by atoms with Crippen molar-refractivity contribution in [2.75, 3.05) is 19.9 Å². The topological polar surface area (TPSA) is 106 Å².